The Labute approximate surface area is 197 Å². The molecule has 1 saturated heterocycles. The van der Waals surface area contributed by atoms with E-state index >= 15 is 0 Å². The number of ether oxygens (including phenoxy) is 1. The number of likely N-dealkylation sites (tertiary alicyclic amines) is 1. The van der Waals surface area contributed by atoms with E-state index in [1.165, 1.54) is 12.0 Å². The van der Waals surface area contributed by atoms with E-state index in [1.54, 1.807) is 34.6 Å². The molecule has 0 aromatic carbocycles. The van der Waals surface area contributed by atoms with Gasteiger partial charge in [0.05, 0.1) is 7.11 Å². The van der Waals surface area contributed by atoms with Gasteiger partial charge in [-0.15, -0.1) is 5.60 Å². The molecule has 9 nitrogen and oxygen atoms in total. The molecule has 0 bridgehead atoms. The van der Waals surface area contributed by atoms with Crippen LogP contribution in [0.25, 0.3) is 0 Å². The Morgan fingerprint density at radius 3 is 2.12 bits per heavy atom. The molecule has 1 heterocycles. The molecule has 1 atom stereocenters. The van der Waals surface area contributed by atoms with Crippen LogP contribution in [0.1, 0.15) is 47.5 Å². The van der Waals surface area contributed by atoms with Gasteiger partial charge in [0.25, 0.3) is 0 Å². The van der Waals surface area contributed by atoms with E-state index in [2.05, 4.69) is 15.4 Å². The zero-order valence-corrected chi connectivity index (χ0v) is 20.0. The first-order valence-corrected chi connectivity index (χ1v) is 8.11. The summed E-state index contributed by atoms with van der Waals surface area (Å²) >= 11 is 0. The van der Waals surface area contributed by atoms with Crippen molar-refractivity contribution in [3.63, 3.8) is 0 Å². The first-order valence-electron chi connectivity index (χ1n) is 8.11. The maximum absolute atomic E-state index is 12.1. The number of carboxylic acid groups (broad SMARTS) is 1. The first kappa shape index (κ1) is 27.8. The molecule has 1 rings (SSSR count). The van der Waals surface area contributed by atoms with Crippen LogP contribution in [-0.2, 0) is 9.53 Å². The molecule has 1 fully saturated rings. The second kappa shape index (κ2) is 12.1. The predicted octanol–water partition coefficient (Wildman–Crippen LogP) is -2.47. The molecular formula is C16H30KN3O6. The van der Waals surface area contributed by atoms with Gasteiger partial charge in [-0.3, -0.25) is 4.79 Å². The number of methoxy groups -OCH3 is 1. The van der Waals surface area contributed by atoms with Crippen LogP contribution in [0, 0.1) is 0 Å². The standard InChI is InChI=1S/C12H21N3O5.C4H9O.K/c1-12(2,14-10(17)20-3)9(16)13-8-5-4-6-15(7-8)11(18)19;1-4(2,3)5;/h8H,4-7H2,1-3H3,(H,13,16)(H,14,17)(H,18,19);1-3H3;/q;-1;+1/t8-;;/m0../s1. The minimum Gasteiger partial charge on any atom is -0.850 e. The van der Waals surface area contributed by atoms with Gasteiger partial charge in [0.2, 0.25) is 5.91 Å². The third-order valence-electron chi connectivity index (χ3n) is 3.19. The number of carbonyl (C=O) groups excluding carboxylic acids is 2. The summed E-state index contributed by atoms with van der Waals surface area (Å²) in [6.07, 6.45) is -0.275. The van der Waals surface area contributed by atoms with Crippen molar-refractivity contribution in [3.05, 3.63) is 0 Å². The molecule has 0 aliphatic carbocycles. The van der Waals surface area contributed by atoms with Gasteiger partial charge in [0.15, 0.2) is 0 Å². The summed E-state index contributed by atoms with van der Waals surface area (Å²) in [5, 5.41) is 24.2. The zero-order valence-electron chi connectivity index (χ0n) is 16.8. The molecule has 0 radical (unpaired) electrons. The summed E-state index contributed by atoms with van der Waals surface area (Å²) in [4.78, 5) is 35.5. The Morgan fingerprint density at radius 1 is 1.19 bits per heavy atom. The van der Waals surface area contributed by atoms with E-state index in [1.807, 2.05) is 0 Å². The SMILES string of the molecule is CC(C)(C)[O-].COC(=O)NC(C)(C)C(=O)N[C@H]1CCCN(C(=O)O)C1.[K+]. The minimum atomic E-state index is -1.13. The summed E-state index contributed by atoms with van der Waals surface area (Å²) in [5.74, 6) is -0.375. The first-order chi connectivity index (χ1) is 11.3. The number of nitrogens with zero attached hydrogens (tertiary/aromatic N) is 1. The van der Waals surface area contributed by atoms with Crippen LogP contribution in [0.2, 0.25) is 0 Å². The molecule has 0 aromatic rings. The van der Waals surface area contributed by atoms with Crippen LogP contribution < -0.4 is 67.1 Å². The molecule has 0 unspecified atom stereocenters. The van der Waals surface area contributed by atoms with Gasteiger partial charge in [0, 0.05) is 19.1 Å². The Hall–Kier alpha value is -0.394. The number of nitrogens with one attached hydrogen (secondary N) is 2. The van der Waals surface area contributed by atoms with E-state index in [0.29, 0.717) is 19.4 Å². The quantitative estimate of drug-likeness (QED) is 0.451. The minimum absolute atomic E-state index is 0. The van der Waals surface area contributed by atoms with Crippen molar-refractivity contribution in [3.8, 4) is 0 Å². The molecule has 0 saturated carbocycles. The van der Waals surface area contributed by atoms with Crippen molar-refractivity contribution in [1.82, 2.24) is 15.5 Å². The normalized spacial score (nSPS) is 17.0. The van der Waals surface area contributed by atoms with Gasteiger partial charge in [0.1, 0.15) is 5.54 Å². The molecule has 26 heavy (non-hydrogen) atoms. The second-order valence-corrected chi connectivity index (χ2v) is 7.40. The monoisotopic (exact) mass is 399 g/mol. The molecule has 146 valence electrons. The van der Waals surface area contributed by atoms with Gasteiger partial charge in [-0.25, -0.2) is 9.59 Å². The number of rotatable bonds is 3. The topological polar surface area (TPSA) is 131 Å². The van der Waals surface area contributed by atoms with Crippen LogP contribution in [0.3, 0.4) is 0 Å². The molecule has 3 N–H and O–H groups in total. The van der Waals surface area contributed by atoms with Crippen molar-refractivity contribution in [2.24, 2.45) is 0 Å². The van der Waals surface area contributed by atoms with Gasteiger partial charge >= 0.3 is 63.6 Å². The zero-order chi connectivity index (χ0) is 19.8. The molecule has 10 heteroatoms. The number of carbonyl (C=O) groups is 3. The Morgan fingerprint density at radius 2 is 1.69 bits per heavy atom. The van der Waals surface area contributed by atoms with E-state index in [-0.39, 0.29) is 69.9 Å². The fourth-order valence-corrected chi connectivity index (χ4v) is 2.00. The maximum atomic E-state index is 12.1. The summed E-state index contributed by atoms with van der Waals surface area (Å²) in [6, 6.07) is -0.244. The Balaban J connectivity index is 0. The molecule has 0 spiro atoms. The van der Waals surface area contributed by atoms with Gasteiger partial charge in [-0.2, -0.15) is 0 Å². The molecular weight excluding hydrogens is 369 g/mol. The van der Waals surface area contributed by atoms with Crippen LogP contribution >= 0.6 is 0 Å². The largest absolute Gasteiger partial charge is 1.00 e. The van der Waals surface area contributed by atoms with Crippen molar-refractivity contribution < 1.29 is 80.7 Å². The fraction of sp³-hybridized carbons (Fsp3) is 0.812. The molecule has 0 aromatic heterocycles. The molecule has 3 amide bonds. The third kappa shape index (κ3) is 12.9. The van der Waals surface area contributed by atoms with Gasteiger partial charge < -0.3 is 30.5 Å². The number of hydrogen-bond acceptors (Lipinski definition) is 5. The summed E-state index contributed by atoms with van der Waals surface area (Å²) in [5.41, 5.74) is -1.88. The van der Waals surface area contributed by atoms with Crippen LogP contribution in [-0.4, -0.2) is 65.5 Å². The van der Waals surface area contributed by atoms with Gasteiger partial charge in [-0.05, 0) is 26.7 Å². The van der Waals surface area contributed by atoms with E-state index in [9.17, 15) is 19.5 Å². The number of hydrogen-bond donors (Lipinski definition) is 3. The Kier molecular flexibility index (Phi) is 13.0. The number of piperidine rings is 1. The van der Waals surface area contributed by atoms with E-state index < -0.39 is 23.3 Å². The molecule has 1 aliphatic rings. The number of amides is 3. The van der Waals surface area contributed by atoms with Crippen molar-refractivity contribution in [2.75, 3.05) is 20.2 Å². The summed E-state index contributed by atoms with van der Waals surface area (Å²) in [6.45, 7) is 8.74. The second-order valence-electron chi connectivity index (χ2n) is 7.40. The van der Waals surface area contributed by atoms with Crippen LogP contribution in [0.5, 0.6) is 0 Å². The fourth-order valence-electron chi connectivity index (χ4n) is 2.00. The van der Waals surface area contributed by atoms with E-state index in [4.69, 9.17) is 5.11 Å². The van der Waals surface area contributed by atoms with E-state index in [0.717, 1.165) is 0 Å². The van der Waals surface area contributed by atoms with Crippen molar-refractivity contribution >= 4 is 18.1 Å². The predicted molar refractivity (Wildman–Crippen MR) is 90.1 cm³/mol. The maximum Gasteiger partial charge on any atom is 1.00 e. The summed E-state index contributed by atoms with van der Waals surface area (Å²) in [7, 11) is 1.22. The smallest absolute Gasteiger partial charge is 0.850 e. The van der Waals surface area contributed by atoms with Crippen LogP contribution in [0.4, 0.5) is 9.59 Å². The van der Waals surface area contributed by atoms with Crippen molar-refractivity contribution in [2.45, 2.75) is 64.6 Å². The third-order valence-corrected chi connectivity index (χ3v) is 3.19. The average molecular weight is 400 g/mol. The van der Waals surface area contributed by atoms with Gasteiger partial charge in [-0.1, -0.05) is 20.8 Å². The van der Waals surface area contributed by atoms with Crippen LogP contribution in [0.15, 0.2) is 0 Å². The summed E-state index contributed by atoms with van der Waals surface area (Å²) < 4.78 is 4.46. The Bertz CT molecular complexity index is 473. The molecule has 1 aliphatic heterocycles. The number of alkyl carbamates (subject to hydrolysis) is 1. The van der Waals surface area contributed by atoms with Crippen molar-refractivity contribution in [1.29, 1.82) is 0 Å². The average Bonchev–Trinajstić information content (AvgIpc) is 2.45.